The van der Waals surface area contributed by atoms with Gasteiger partial charge in [-0.1, -0.05) is 20.3 Å². The Kier molecular flexibility index (Phi) is 2.56. The van der Waals surface area contributed by atoms with Gasteiger partial charge in [-0.05, 0) is 42.9 Å². The zero-order valence-electron chi connectivity index (χ0n) is 10.7. The van der Waals surface area contributed by atoms with E-state index in [1.165, 1.54) is 45.2 Å². The van der Waals surface area contributed by atoms with Gasteiger partial charge in [-0.3, -0.25) is 4.90 Å². The molecule has 3 aliphatic rings. The molecule has 2 heteroatoms. The zero-order chi connectivity index (χ0) is 11.3. The number of fused-ring (bicyclic) bond motifs is 1. The van der Waals surface area contributed by atoms with Gasteiger partial charge in [0.1, 0.15) is 0 Å². The second-order valence-corrected chi connectivity index (χ2v) is 6.94. The lowest BCUT2D eigenvalue weighted by Gasteiger charge is -2.31. The summed E-state index contributed by atoms with van der Waals surface area (Å²) >= 11 is 0. The fourth-order valence-corrected chi connectivity index (χ4v) is 4.27. The summed E-state index contributed by atoms with van der Waals surface area (Å²) in [6, 6.07) is 0.459. The minimum atomic E-state index is -0.105. The van der Waals surface area contributed by atoms with Gasteiger partial charge < -0.3 is 5.11 Å². The number of rotatable bonds is 1. The maximum atomic E-state index is 10.4. The zero-order valence-corrected chi connectivity index (χ0v) is 10.7. The van der Waals surface area contributed by atoms with E-state index in [1.54, 1.807) is 0 Å². The Morgan fingerprint density at radius 3 is 2.19 bits per heavy atom. The highest BCUT2D eigenvalue weighted by Crippen LogP contribution is 2.44. The molecule has 2 aliphatic carbocycles. The lowest BCUT2D eigenvalue weighted by molar-refractivity contribution is 0.0200. The van der Waals surface area contributed by atoms with Crippen LogP contribution in [0.4, 0.5) is 0 Å². The minimum absolute atomic E-state index is 0.105. The molecule has 0 amide bonds. The Morgan fingerprint density at radius 2 is 1.69 bits per heavy atom. The van der Waals surface area contributed by atoms with Crippen LogP contribution in [0.2, 0.25) is 0 Å². The number of aliphatic hydroxyl groups is 1. The van der Waals surface area contributed by atoms with Crippen molar-refractivity contribution in [1.82, 2.24) is 4.90 Å². The van der Waals surface area contributed by atoms with E-state index < -0.39 is 0 Å². The summed E-state index contributed by atoms with van der Waals surface area (Å²) in [4.78, 5) is 2.61. The predicted octanol–water partition coefficient (Wildman–Crippen LogP) is 2.27. The molecule has 0 bridgehead atoms. The van der Waals surface area contributed by atoms with E-state index >= 15 is 0 Å². The summed E-state index contributed by atoms with van der Waals surface area (Å²) in [6.07, 6.45) is 6.60. The molecule has 0 spiro atoms. The molecule has 0 aromatic rings. The summed E-state index contributed by atoms with van der Waals surface area (Å²) in [5, 5.41) is 10.4. The standard InChI is InChI=1S/C14H25NO/c1-14(2)7-6-12(13(14)16)15-8-10-4-3-5-11(10)9-15/h10-13,16H,3-9H2,1-2H3. The van der Waals surface area contributed by atoms with Crippen molar-refractivity contribution in [2.24, 2.45) is 17.3 Å². The molecule has 2 saturated carbocycles. The third-order valence-corrected chi connectivity index (χ3v) is 5.47. The fraction of sp³-hybridized carbons (Fsp3) is 1.00. The van der Waals surface area contributed by atoms with E-state index in [4.69, 9.17) is 0 Å². The largest absolute Gasteiger partial charge is 0.391 e. The lowest BCUT2D eigenvalue weighted by Crippen LogP contribution is -2.43. The summed E-state index contributed by atoms with van der Waals surface area (Å²) in [5.41, 5.74) is 0.141. The Balaban J connectivity index is 1.67. The van der Waals surface area contributed by atoms with Crippen LogP contribution in [0.3, 0.4) is 0 Å². The van der Waals surface area contributed by atoms with Crippen LogP contribution >= 0.6 is 0 Å². The quantitative estimate of drug-likeness (QED) is 0.737. The van der Waals surface area contributed by atoms with Crippen LogP contribution in [0.25, 0.3) is 0 Å². The van der Waals surface area contributed by atoms with Gasteiger partial charge >= 0.3 is 0 Å². The summed E-state index contributed by atoms with van der Waals surface area (Å²) in [5.74, 6) is 1.91. The first-order valence-corrected chi connectivity index (χ1v) is 7.00. The second kappa shape index (κ2) is 3.71. The Labute approximate surface area is 99.0 Å². The van der Waals surface area contributed by atoms with Crippen LogP contribution in [0.15, 0.2) is 0 Å². The van der Waals surface area contributed by atoms with Gasteiger partial charge in [0.2, 0.25) is 0 Å². The number of aliphatic hydroxyl groups excluding tert-OH is 1. The molecule has 1 saturated heterocycles. The molecular weight excluding hydrogens is 198 g/mol. The van der Waals surface area contributed by atoms with Gasteiger partial charge in [-0.15, -0.1) is 0 Å². The summed E-state index contributed by atoms with van der Waals surface area (Å²) in [7, 11) is 0. The van der Waals surface area contributed by atoms with Gasteiger partial charge in [0, 0.05) is 19.1 Å². The average molecular weight is 223 g/mol. The Hall–Kier alpha value is -0.0800. The van der Waals surface area contributed by atoms with Crippen molar-refractivity contribution in [2.75, 3.05) is 13.1 Å². The molecule has 3 fully saturated rings. The monoisotopic (exact) mass is 223 g/mol. The molecule has 1 N–H and O–H groups in total. The van der Waals surface area contributed by atoms with Gasteiger partial charge in [0.15, 0.2) is 0 Å². The highest BCUT2D eigenvalue weighted by atomic mass is 16.3. The predicted molar refractivity (Wildman–Crippen MR) is 65.2 cm³/mol. The van der Waals surface area contributed by atoms with E-state index in [0.717, 1.165) is 11.8 Å². The number of hydrogen-bond acceptors (Lipinski definition) is 2. The van der Waals surface area contributed by atoms with E-state index in [0.29, 0.717) is 6.04 Å². The molecule has 3 rings (SSSR count). The maximum absolute atomic E-state index is 10.4. The van der Waals surface area contributed by atoms with Gasteiger partial charge in [0.05, 0.1) is 6.10 Å². The SMILES string of the molecule is CC1(C)CCC(N2CC3CCCC3C2)C1O. The molecule has 16 heavy (non-hydrogen) atoms. The molecule has 0 aromatic carbocycles. The van der Waals surface area contributed by atoms with Gasteiger partial charge in [-0.25, -0.2) is 0 Å². The van der Waals surface area contributed by atoms with Crippen LogP contribution < -0.4 is 0 Å². The smallest absolute Gasteiger partial charge is 0.0746 e. The van der Waals surface area contributed by atoms with Gasteiger partial charge in [-0.2, -0.15) is 0 Å². The van der Waals surface area contributed by atoms with Crippen LogP contribution in [0, 0.1) is 17.3 Å². The topological polar surface area (TPSA) is 23.5 Å². The second-order valence-electron chi connectivity index (χ2n) is 6.94. The summed E-state index contributed by atoms with van der Waals surface area (Å²) < 4.78 is 0. The molecular formula is C14H25NO. The first kappa shape index (κ1) is 11.0. The minimum Gasteiger partial charge on any atom is -0.391 e. The highest BCUT2D eigenvalue weighted by Gasteiger charge is 2.47. The van der Waals surface area contributed by atoms with E-state index in [9.17, 15) is 5.11 Å². The van der Waals surface area contributed by atoms with Crippen molar-refractivity contribution in [1.29, 1.82) is 0 Å². The highest BCUT2D eigenvalue weighted by molar-refractivity contribution is 5.00. The first-order chi connectivity index (χ1) is 7.58. The fourth-order valence-electron chi connectivity index (χ4n) is 4.27. The van der Waals surface area contributed by atoms with Gasteiger partial charge in [0.25, 0.3) is 0 Å². The summed E-state index contributed by atoms with van der Waals surface area (Å²) in [6.45, 7) is 6.97. The molecule has 4 atom stereocenters. The number of likely N-dealkylation sites (tertiary alicyclic amines) is 1. The van der Waals surface area contributed by atoms with Crippen molar-refractivity contribution in [3.05, 3.63) is 0 Å². The normalized spacial score (nSPS) is 47.4. The Bertz CT molecular complexity index is 264. The van der Waals surface area contributed by atoms with Crippen molar-refractivity contribution < 1.29 is 5.11 Å². The number of hydrogen-bond donors (Lipinski definition) is 1. The first-order valence-electron chi connectivity index (χ1n) is 7.00. The molecule has 0 aromatic heterocycles. The molecule has 1 heterocycles. The molecule has 2 nitrogen and oxygen atoms in total. The maximum Gasteiger partial charge on any atom is 0.0746 e. The average Bonchev–Trinajstić information content (AvgIpc) is 2.82. The molecule has 92 valence electrons. The van der Waals surface area contributed by atoms with Crippen molar-refractivity contribution in [3.63, 3.8) is 0 Å². The molecule has 1 aliphatic heterocycles. The van der Waals surface area contributed by atoms with Crippen LogP contribution in [0.5, 0.6) is 0 Å². The van der Waals surface area contributed by atoms with Crippen LogP contribution in [-0.4, -0.2) is 35.2 Å². The van der Waals surface area contributed by atoms with Crippen molar-refractivity contribution >= 4 is 0 Å². The molecule has 4 unspecified atom stereocenters. The van der Waals surface area contributed by atoms with Crippen LogP contribution in [-0.2, 0) is 0 Å². The van der Waals surface area contributed by atoms with E-state index in [-0.39, 0.29) is 11.5 Å². The lowest BCUT2D eigenvalue weighted by atomic mass is 9.88. The van der Waals surface area contributed by atoms with E-state index in [1.807, 2.05) is 0 Å². The Morgan fingerprint density at radius 1 is 1.06 bits per heavy atom. The van der Waals surface area contributed by atoms with Crippen LogP contribution in [0.1, 0.15) is 46.0 Å². The van der Waals surface area contributed by atoms with Crippen molar-refractivity contribution in [2.45, 2.75) is 58.1 Å². The number of nitrogens with zero attached hydrogens (tertiary/aromatic N) is 1. The third-order valence-electron chi connectivity index (χ3n) is 5.47. The third kappa shape index (κ3) is 1.62. The van der Waals surface area contributed by atoms with Crippen molar-refractivity contribution in [3.8, 4) is 0 Å². The molecule has 0 radical (unpaired) electrons. The van der Waals surface area contributed by atoms with E-state index in [2.05, 4.69) is 18.7 Å².